The van der Waals surface area contributed by atoms with E-state index in [0.29, 0.717) is 23.6 Å². The number of hydrogen-bond acceptors (Lipinski definition) is 3. The lowest BCUT2D eigenvalue weighted by Gasteiger charge is -2.29. The van der Waals surface area contributed by atoms with Crippen molar-refractivity contribution in [2.24, 2.45) is 5.92 Å². The minimum atomic E-state index is -0.849. The number of amides is 1. The Morgan fingerprint density at radius 2 is 1.90 bits per heavy atom. The van der Waals surface area contributed by atoms with Crippen LogP contribution in [-0.4, -0.2) is 29.6 Å². The third-order valence-corrected chi connectivity index (χ3v) is 3.87. The maximum atomic E-state index is 11.9. The maximum Gasteiger partial charge on any atom is 0.308 e. The van der Waals surface area contributed by atoms with Crippen LogP contribution in [0.25, 0.3) is 0 Å². The zero-order valence-electron chi connectivity index (χ0n) is 11.5. The van der Waals surface area contributed by atoms with Crippen molar-refractivity contribution in [3.05, 3.63) is 29.3 Å². The summed E-state index contributed by atoms with van der Waals surface area (Å²) in [5.74, 6) is -1.10. The minimum absolute atomic E-state index is 0.134. The Bertz CT molecular complexity index is 503. The molecule has 0 aromatic heterocycles. The Morgan fingerprint density at radius 1 is 1.24 bits per heavy atom. The van der Waals surface area contributed by atoms with Crippen molar-refractivity contribution in [2.75, 3.05) is 6.61 Å². The van der Waals surface area contributed by atoms with Crippen LogP contribution in [0, 0.1) is 5.92 Å². The molecule has 0 bridgehead atoms. The van der Waals surface area contributed by atoms with Crippen molar-refractivity contribution >= 4 is 23.5 Å². The fourth-order valence-corrected chi connectivity index (χ4v) is 2.65. The van der Waals surface area contributed by atoms with Gasteiger partial charge in [0.1, 0.15) is 5.75 Å². The van der Waals surface area contributed by atoms with Crippen LogP contribution in [0.4, 0.5) is 0 Å². The van der Waals surface area contributed by atoms with E-state index in [1.54, 1.807) is 24.3 Å². The first kappa shape index (κ1) is 15.6. The molecular weight excluding hydrogens is 294 g/mol. The molecule has 114 valence electrons. The van der Waals surface area contributed by atoms with Crippen LogP contribution in [-0.2, 0) is 9.59 Å². The number of carboxylic acids is 1. The summed E-state index contributed by atoms with van der Waals surface area (Å²) in [5, 5.41) is 12.5. The van der Waals surface area contributed by atoms with E-state index in [1.165, 1.54) is 0 Å². The van der Waals surface area contributed by atoms with Gasteiger partial charge in [-0.15, -0.1) is 0 Å². The molecule has 0 radical (unpaired) electrons. The molecule has 2 rings (SSSR count). The molecule has 0 saturated heterocycles. The van der Waals surface area contributed by atoms with Crippen LogP contribution in [0.15, 0.2) is 24.3 Å². The van der Waals surface area contributed by atoms with Crippen molar-refractivity contribution in [2.45, 2.75) is 31.7 Å². The molecule has 0 heterocycles. The van der Waals surface area contributed by atoms with Gasteiger partial charge in [-0.25, -0.2) is 0 Å². The quantitative estimate of drug-likeness (QED) is 0.876. The zero-order chi connectivity index (χ0) is 15.2. The zero-order valence-corrected chi connectivity index (χ0v) is 12.3. The van der Waals surface area contributed by atoms with Gasteiger partial charge >= 0.3 is 5.97 Å². The lowest BCUT2D eigenvalue weighted by Crippen LogP contribution is -2.46. The fraction of sp³-hybridized carbons (Fsp3) is 0.467. The smallest absolute Gasteiger partial charge is 0.308 e. The van der Waals surface area contributed by atoms with Crippen molar-refractivity contribution in [3.63, 3.8) is 0 Å². The molecular formula is C15H18ClNO4. The average Bonchev–Trinajstić information content (AvgIpc) is 2.47. The first-order valence-electron chi connectivity index (χ1n) is 6.97. The summed E-state index contributed by atoms with van der Waals surface area (Å²) in [6.07, 6.45) is 3.14. The SMILES string of the molecule is O=C(COc1ccc(Cl)cc1)NC1CCCCC1C(=O)O. The average molecular weight is 312 g/mol. The van der Waals surface area contributed by atoms with Gasteiger partial charge in [-0.1, -0.05) is 24.4 Å². The number of carbonyl (C=O) groups excluding carboxylic acids is 1. The number of hydrogen-bond donors (Lipinski definition) is 2. The van der Waals surface area contributed by atoms with Crippen molar-refractivity contribution in [3.8, 4) is 5.75 Å². The summed E-state index contributed by atoms with van der Waals surface area (Å²) < 4.78 is 5.34. The minimum Gasteiger partial charge on any atom is -0.484 e. The van der Waals surface area contributed by atoms with Crippen LogP contribution in [0.3, 0.4) is 0 Å². The van der Waals surface area contributed by atoms with E-state index in [0.717, 1.165) is 12.8 Å². The van der Waals surface area contributed by atoms with E-state index < -0.39 is 11.9 Å². The number of rotatable bonds is 5. The van der Waals surface area contributed by atoms with Crippen LogP contribution in [0.1, 0.15) is 25.7 Å². The first-order valence-corrected chi connectivity index (χ1v) is 7.34. The van der Waals surface area contributed by atoms with E-state index in [2.05, 4.69) is 5.32 Å². The molecule has 2 unspecified atom stereocenters. The van der Waals surface area contributed by atoms with Gasteiger partial charge in [-0.3, -0.25) is 9.59 Å². The van der Waals surface area contributed by atoms with Gasteiger partial charge in [0.05, 0.1) is 5.92 Å². The second-order valence-corrected chi connectivity index (χ2v) is 5.58. The van der Waals surface area contributed by atoms with Crippen molar-refractivity contribution in [1.82, 2.24) is 5.32 Å². The second-order valence-electron chi connectivity index (χ2n) is 5.15. The van der Waals surface area contributed by atoms with Gasteiger partial charge in [0.25, 0.3) is 5.91 Å². The lowest BCUT2D eigenvalue weighted by atomic mass is 9.84. The van der Waals surface area contributed by atoms with E-state index in [-0.39, 0.29) is 18.6 Å². The number of ether oxygens (including phenoxy) is 1. The molecule has 21 heavy (non-hydrogen) atoms. The molecule has 1 fully saturated rings. The van der Waals surface area contributed by atoms with Crippen LogP contribution >= 0.6 is 11.6 Å². The van der Waals surface area contributed by atoms with Crippen molar-refractivity contribution < 1.29 is 19.4 Å². The highest BCUT2D eigenvalue weighted by molar-refractivity contribution is 6.30. The van der Waals surface area contributed by atoms with Gasteiger partial charge < -0.3 is 15.2 Å². The van der Waals surface area contributed by atoms with Crippen molar-refractivity contribution in [1.29, 1.82) is 0 Å². The number of aliphatic carboxylic acids is 1. The number of benzene rings is 1. The predicted octanol–water partition coefficient (Wildman–Crippen LogP) is 2.48. The number of carboxylic acid groups (broad SMARTS) is 1. The Balaban J connectivity index is 1.83. The molecule has 6 heteroatoms. The van der Waals surface area contributed by atoms with Gasteiger partial charge in [-0.2, -0.15) is 0 Å². The molecule has 2 N–H and O–H groups in total. The summed E-state index contributed by atoms with van der Waals surface area (Å²) in [4.78, 5) is 23.0. The monoisotopic (exact) mass is 311 g/mol. The largest absolute Gasteiger partial charge is 0.484 e. The van der Waals surface area contributed by atoms with Gasteiger partial charge in [0, 0.05) is 11.1 Å². The highest BCUT2D eigenvalue weighted by Gasteiger charge is 2.31. The third kappa shape index (κ3) is 4.63. The molecule has 1 aliphatic carbocycles. The molecule has 5 nitrogen and oxygen atoms in total. The van der Waals surface area contributed by atoms with E-state index in [9.17, 15) is 9.59 Å². The van der Waals surface area contributed by atoms with E-state index in [1.807, 2.05) is 0 Å². The molecule has 0 spiro atoms. The molecule has 1 amide bonds. The van der Waals surface area contributed by atoms with Gasteiger partial charge in [0.2, 0.25) is 0 Å². The van der Waals surface area contributed by atoms with E-state index >= 15 is 0 Å². The number of carbonyl (C=O) groups is 2. The summed E-state index contributed by atoms with van der Waals surface area (Å²) in [6, 6.07) is 6.40. The number of halogens is 1. The summed E-state index contributed by atoms with van der Waals surface area (Å²) >= 11 is 5.76. The molecule has 1 saturated carbocycles. The lowest BCUT2D eigenvalue weighted by molar-refractivity contribution is -0.144. The van der Waals surface area contributed by atoms with Crippen LogP contribution < -0.4 is 10.1 Å². The Hall–Kier alpha value is -1.75. The highest BCUT2D eigenvalue weighted by atomic mass is 35.5. The third-order valence-electron chi connectivity index (χ3n) is 3.61. The fourth-order valence-electron chi connectivity index (χ4n) is 2.53. The van der Waals surface area contributed by atoms with Gasteiger partial charge in [0.15, 0.2) is 6.61 Å². The Kier molecular flexibility index (Phi) is 5.44. The van der Waals surface area contributed by atoms with Gasteiger partial charge in [-0.05, 0) is 37.1 Å². The molecule has 2 atom stereocenters. The number of nitrogens with one attached hydrogen (secondary N) is 1. The second kappa shape index (κ2) is 7.31. The van der Waals surface area contributed by atoms with Crippen LogP contribution in [0.5, 0.6) is 5.75 Å². The Labute approximate surface area is 128 Å². The predicted molar refractivity (Wildman–Crippen MR) is 78.5 cm³/mol. The topological polar surface area (TPSA) is 75.6 Å². The summed E-state index contributed by atoms with van der Waals surface area (Å²) in [7, 11) is 0. The maximum absolute atomic E-state index is 11.9. The molecule has 0 aliphatic heterocycles. The summed E-state index contributed by atoms with van der Waals surface area (Å²) in [5.41, 5.74) is 0. The molecule has 1 aliphatic rings. The standard InChI is InChI=1S/C15H18ClNO4/c16-10-5-7-11(8-6-10)21-9-14(18)17-13-4-2-1-3-12(13)15(19)20/h5-8,12-13H,1-4,9H2,(H,17,18)(H,19,20). The van der Waals surface area contributed by atoms with E-state index in [4.69, 9.17) is 21.4 Å². The van der Waals surface area contributed by atoms with Crippen LogP contribution in [0.2, 0.25) is 5.02 Å². The molecule has 1 aromatic rings. The normalized spacial score (nSPS) is 21.6. The first-order chi connectivity index (χ1) is 10.1. The Morgan fingerprint density at radius 3 is 2.57 bits per heavy atom. The highest BCUT2D eigenvalue weighted by Crippen LogP contribution is 2.24. The molecule has 1 aromatic carbocycles. The summed E-state index contributed by atoms with van der Waals surface area (Å²) in [6.45, 7) is -0.134.